The first-order chi connectivity index (χ1) is 14.7. The monoisotopic (exact) mass is 482 g/mol. The number of halogens is 2. The van der Waals surface area contributed by atoms with Gasteiger partial charge in [-0.15, -0.1) is 0 Å². The summed E-state index contributed by atoms with van der Waals surface area (Å²) in [4.78, 5) is 28.4. The molecule has 3 aromatic rings. The number of esters is 1. The zero-order valence-electron chi connectivity index (χ0n) is 16.1. The first-order valence-electron chi connectivity index (χ1n) is 8.81. The molecule has 1 aromatic carbocycles. The van der Waals surface area contributed by atoms with Crippen LogP contribution in [0.25, 0.3) is 0 Å². The lowest BCUT2D eigenvalue weighted by atomic mass is 10.3. The third-order valence-electron chi connectivity index (χ3n) is 4.17. The summed E-state index contributed by atoms with van der Waals surface area (Å²) in [5, 5.41) is 2.91. The molecule has 11 heteroatoms. The third-order valence-corrected chi connectivity index (χ3v) is 6.70. The molecule has 0 radical (unpaired) electrons. The number of pyridine rings is 1. The number of hydrogen-bond acceptors (Lipinski definition) is 7. The number of nitrogens with zero attached hydrogens (tertiary/aromatic N) is 1. The zero-order chi connectivity index (χ0) is 22.6. The van der Waals surface area contributed by atoms with Crippen LogP contribution in [0.1, 0.15) is 21.7 Å². The minimum atomic E-state index is -3.70. The van der Waals surface area contributed by atoms with Crippen LogP contribution >= 0.6 is 23.2 Å². The Labute approximate surface area is 188 Å². The van der Waals surface area contributed by atoms with Gasteiger partial charge < -0.3 is 14.5 Å². The summed E-state index contributed by atoms with van der Waals surface area (Å²) in [7, 11) is -3.70. The second-order valence-electron chi connectivity index (χ2n) is 6.37. The van der Waals surface area contributed by atoms with Crippen molar-refractivity contribution in [3.8, 4) is 0 Å². The molecular weight excluding hydrogens is 467 g/mol. The van der Waals surface area contributed by atoms with E-state index in [0.29, 0.717) is 10.6 Å². The topological polar surface area (TPSA) is 116 Å². The number of benzene rings is 1. The molecule has 2 heterocycles. The van der Waals surface area contributed by atoms with Crippen molar-refractivity contribution >= 4 is 50.7 Å². The first-order valence-corrected chi connectivity index (χ1v) is 11.2. The van der Waals surface area contributed by atoms with E-state index in [1.807, 2.05) is 0 Å². The van der Waals surface area contributed by atoms with Gasteiger partial charge in [0.25, 0.3) is 5.91 Å². The van der Waals surface area contributed by atoms with Crippen molar-refractivity contribution in [1.29, 1.82) is 0 Å². The predicted molar refractivity (Wildman–Crippen MR) is 114 cm³/mol. The SMILES string of the molecule is Cc1c(Cl)cnc(NC(=O)COC(=O)c2occc2CS(=O)(=O)c2ccccc2)c1Cl. The van der Waals surface area contributed by atoms with Crippen LogP contribution in [0.3, 0.4) is 0 Å². The summed E-state index contributed by atoms with van der Waals surface area (Å²) in [6, 6.07) is 9.15. The average Bonchev–Trinajstić information content (AvgIpc) is 3.20. The van der Waals surface area contributed by atoms with Crippen LogP contribution in [0.5, 0.6) is 0 Å². The molecule has 8 nitrogen and oxygen atoms in total. The maximum Gasteiger partial charge on any atom is 0.375 e. The van der Waals surface area contributed by atoms with E-state index >= 15 is 0 Å². The molecular formula is C20H16Cl2N2O6S. The lowest BCUT2D eigenvalue weighted by Gasteiger charge is -2.09. The third kappa shape index (κ3) is 5.43. The van der Waals surface area contributed by atoms with Crippen LogP contribution in [0.15, 0.2) is 58.2 Å². The number of hydrogen-bond donors (Lipinski definition) is 1. The van der Waals surface area contributed by atoms with Crippen molar-refractivity contribution in [3.63, 3.8) is 0 Å². The summed E-state index contributed by atoms with van der Waals surface area (Å²) in [5.74, 6) is -2.38. The summed E-state index contributed by atoms with van der Waals surface area (Å²) in [6.07, 6.45) is 2.50. The van der Waals surface area contributed by atoms with Crippen molar-refractivity contribution in [2.45, 2.75) is 17.6 Å². The number of amides is 1. The highest BCUT2D eigenvalue weighted by Gasteiger charge is 2.24. The lowest BCUT2D eigenvalue weighted by Crippen LogP contribution is -2.22. The van der Waals surface area contributed by atoms with Crippen LogP contribution in [0.2, 0.25) is 10.0 Å². The summed E-state index contributed by atoms with van der Waals surface area (Å²) >= 11 is 12.0. The number of aromatic nitrogens is 1. The molecule has 3 rings (SSSR count). The Kier molecular flexibility index (Phi) is 6.99. The average molecular weight is 483 g/mol. The highest BCUT2D eigenvalue weighted by molar-refractivity contribution is 7.90. The van der Waals surface area contributed by atoms with Gasteiger partial charge in [0.15, 0.2) is 22.3 Å². The molecule has 0 saturated carbocycles. The predicted octanol–water partition coefficient (Wildman–Crippen LogP) is 4.06. The minimum Gasteiger partial charge on any atom is -0.457 e. The number of carbonyl (C=O) groups is 2. The first kappa shape index (κ1) is 22.8. The molecule has 0 aliphatic heterocycles. The van der Waals surface area contributed by atoms with E-state index in [-0.39, 0.29) is 27.1 Å². The van der Waals surface area contributed by atoms with E-state index in [2.05, 4.69) is 10.3 Å². The Morgan fingerprint density at radius 2 is 1.87 bits per heavy atom. The fourth-order valence-electron chi connectivity index (χ4n) is 2.55. The molecule has 0 fully saturated rings. The van der Waals surface area contributed by atoms with Gasteiger partial charge in [-0.3, -0.25) is 4.79 Å². The van der Waals surface area contributed by atoms with Gasteiger partial charge in [-0.2, -0.15) is 0 Å². The van der Waals surface area contributed by atoms with Crippen LogP contribution < -0.4 is 5.32 Å². The van der Waals surface area contributed by atoms with Gasteiger partial charge in [0.1, 0.15) is 0 Å². The second kappa shape index (κ2) is 9.51. The van der Waals surface area contributed by atoms with E-state index in [4.69, 9.17) is 32.4 Å². The summed E-state index contributed by atoms with van der Waals surface area (Å²) in [5.41, 5.74) is 0.651. The fourth-order valence-corrected chi connectivity index (χ4v) is 4.32. The van der Waals surface area contributed by atoms with Crippen molar-refractivity contribution in [1.82, 2.24) is 4.98 Å². The Balaban J connectivity index is 1.64. The number of rotatable bonds is 7. The number of ether oxygens (including phenoxy) is 1. The number of carbonyl (C=O) groups excluding carboxylic acids is 2. The smallest absolute Gasteiger partial charge is 0.375 e. The molecule has 0 unspecified atom stereocenters. The fraction of sp³-hybridized carbons (Fsp3) is 0.150. The van der Waals surface area contributed by atoms with E-state index in [1.54, 1.807) is 25.1 Å². The molecule has 1 N–H and O–H groups in total. The second-order valence-corrected chi connectivity index (χ2v) is 9.14. The molecule has 0 aliphatic rings. The molecule has 1 amide bonds. The standard InChI is InChI=1S/C20H16Cl2N2O6S/c1-12-15(21)9-23-19(17(12)22)24-16(25)10-30-20(26)18-13(7-8-29-18)11-31(27,28)14-5-3-2-4-6-14/h2-9H,10-11H2,1H3,(H,23,24,25). The zero-order valence-corrected chi connectivity index (χ0v) is 18.4. The number of furan rings is 1. The molecule has 0 bridgehead atoms. The quantitative estimate of drug-likeness (QED) is 0.504. The number of anilines is 1. The largest absolute Gasteiger partial charge is 0.457 e. The molecule has 0 atom stereocenters. The van der Waals surface area contributed by atoms with E-state index in [9.17, 15) is 18.0 Å². The van der Waals surface area contributed by atoms with Crippen molar-refractivity contribution in [3.05, 3.63) is 75.8 Å². The van der Waals surface area contributed by atoms with Crippen LogP contribution in [0.4, 0.5) is 5.82 Å². The molecule has 31 heavy (non-hydrogen) atoms. The maximum absolute atomic E-state index is 12.5. The maximum atomic E-state index is 12.5. The highest BCUT2D eigenvalue weighted by Crippen LogP contribution is 2.28. The Hall–Kier alpha value is -2.88. The molecule has 0 spiro atoms. The van der Waals surface area contributed by atoms with E-state index in [1.165, 1.54) is 30.7 Å². The van der Waals surface area contributed by atoms with E-state index in [0.717, 1.165) is 0 Å². The van der Waals surface area contributed by atoms with Gasteiger partial charge >= 0.3 is 5.97 Å². The van der Waals surface area contributed by atoms with Gasteiger partial charge in [0.05, 0.1) is 27.0 Å². The van der Waals surface area contributed by atoms with Crippen LogP contribution in [-0.2, 0) is 25.1 Å². The Morgan fingerprint density at radius 1 is 1.16 bits per heavy atom. The molecule has 0 aliphatic carbocycles. The van der Waals surface area contributed by atoms with Gasteiger partial charge in [-0.1, -0.05) is 41.4 Å². The van der Waals surface area contributed by atoms with Crippen molar-refractivity contribution in [2.75, 3.05) is 11.9 Å². The van der Waals surface area contributed by atoms with Crippen molar-refractivity contribution < 1.29 is 27.2 Å². The van der Waals surface area contributed by atoms with Crippen molar-refractivity contribution in [2.24, 2.45) is 0 Å². The van der Waals surface area contributed by atoms with Crippen LogP contribution in [-0.4, -0.2) is 31.9 Å². The van der Waals surface area contributed by atoms with Crippen LogP contribution in [0, 0.1) is 6.92 Å². The van der Waals surface area contributed by atoms with Gasteiger partial charge in [0.2, 0.25) is 5.76 Å². The highest BCUT2D eigenvalue weighted by atomic mass is 35.5. The molecule has 162 valence electrons. The molecule has 2 aromatic heterocycles. The minimum absolute atomic E-state index is 0.0669. The Morgan fingerprint density at radius 3 is 2.58 bits per heavy atom. The molecule has 0 saturated heterocycles. The lowest BCUT2D eigenvalue weighted by molar-refractivity contribution is -0.119. The van der Waals surface area contributed by atoms with E-state index < -0.39 is 34.1 Å². The number of sulfone groups is 1. The van der Waals surface area contributed by atoms with Gasteiger partial charge in [-0.25, -0.2) is 18.2 Å². The summed E-state index contributed by atoms with van der Waals surface area (Å²) < 4.78 is 35.1. The normalized spacial score (nSPS) is 11.2. The Bertz CT molecular complexity index is 1230. The summed E-state index contributed by atoms with van der Waals surface area (Å²) in [6.45, 7) is 0.994. The van der Waals surface area contributed by atoms with Gasteiger partial charge in [0, 0.05) is 11.8 Å². The number of nitrogens with one attached hydrogen (secondary N) is 1. The van der Waals surface area contributed by atoms with Gasteiger partial charge in [-0.05, 0) is 30.7 Å².